The standard InChI is InChI=1S/C26H21Cl2N3O3S/c1-2-34-17-13-11-16(12-14-17)30-25(33)20-22(29)24(23(32)15-7-4-3-5-8-15)35-26(20)31-19-10-6-9-18(27)21(19)28/h3-14,31H,2,29H2,1H3,(H,30,33). The minimum absolute atomic E-state index is 0.0768. The van der Waals surface area contributed by atoms with Crippen molar-refractivity contribution in [2.45, 2.75) is 6.92 Å². The molecule has 1 heterocycles. The number of benzene rings is 3. The molecular formula is C26H21Cl2N3O3S. The van der Waals surface area contributed by atoms with Gasteiger partial charge in [0.1, 0.15) is 15.6 Å². The number of ether oxygens (including phenoxy) is 1. The molecule has 4 N–H and O–H groups in total. The summed E-state index contributed by atoms with van der Waals surface area (Å²) in [5.74, 6) is -0.0709. The van der Waals surface area contributed by atoms with E-state index in [-0.39, 0.29) is 26.9 Å². The first-order valence-electron chi connectivity index (χ1n) is 10.7. The molecule has 0 atom stereocenters. The van der Waals surface area contributed by atoms with Crippen LogP contribution in [-0.4, -0.2) is 18.3 Å². The lowest BCUT2D eigenvalue weighted by Gasteiger charge is -2.11. The second-order valence-corrected chi connectivity index (χ2v) is 9.19. The van der Waals surface area contributed by atoms with Gasteiger partial charge in [0.2, 0.25) is 5.78 Å². The van der Waals surface area contributed by atoms with E-state index in [0.717, 1.165) is 11.3 Å². The summed E-state index contributed by atoms with van der Waals surface area (Å²) in [6.07, 6.45) is 0. The Morgan fingerprint density at radius 2 is 1.69 bits per heavy atom. The number of rotatable bonds is 8. The highest BCUT2D eigenvalue weighted by Crippen LogP contribution is 2.41. The summed E-state index contributed by atoms with van der Waals surface area (Å²) in [7, 11) is 0. The van der Waals surface area contributed by atoms with E-state index in [1.54, 1.807) is 66.7 Å². The van der Waals surface area contributed by atoms with Crippen LogP contribution >= 0.6 is 34.5 Å². The zero-order valence-electron chi connectivity index (χ0n) is 18.6. The molecule has 0 aliphatic rings. The van der Waals surface area contributed by atoms with Crippen molar-refractivity contribution >= 4 is 68.3 Å². The lowest BCUT2D eigenvalue weighted by atomic mass is 10.1. The maximum atomic E-state index is 13.4. The number of carbonyl (C=O) groups excluding carboxylic acids is 2. The van der Waals surface area contributed by atoms with E-state index in [0.29, 0.717) is 39.3 Å². The molecule has 0 fully saturated rings. The first-order valence-corrected chi connectivity index (χ1v) is 12.2. The third kappa shape index (κ3) is 5.43. The van der Waals surface area contributed by atoms with E-state index in [1.807, 2.05) is 13.0 Å². The second-order valence-electron chi connectivity index (χ2n) is 7.38. The summed E-state index contributed by atoms with van der Waals surface area (Å²) < 4.78 is 5.45. The number of carbonyl (C=O) groups is 2. The van der Waals surface area contributed by atoms with Crippen molar-refractivity contribution in [1.29, 1.82) is 0 Å². The number of thiophene rings is 1. The van der Waals surface area contributed by atoms with Crippen LogP contribution in [0.25, 0.3) is 0 Å². The van der Waals surface area contributed by atoms with Crippen LogP contribution in [0.1, 0.15) is 32.5 Å². The Morgan fingerprint density at radius 1 is 0.971 bits per heavy atom. The van der Waals surface area contributed by atoms with Gasteiger partial charge in [-0.1, -0.05) is 59.6 Å². The first kappa shape index (κ1) is 24.6. The fraction of sp³-hybridized carbons (Fsp3) is 0.0769. The van der Waals surface area contributed by atoms with Crippen LogP contribution in [0.2, 0.25) is 10.0 Å². The van der Waals surface area contributed by atoms with Crippen molar-refractivity contribution in [3.8, 4) is 5.75 Å². The first-order chi connectivity index (χ1) is 16.9. The molecule has 0 aliphatic heterocycles. The van der Waals surface area contributed by atoms with Crippen molar-refractivity contribution < 1.29 is 14.3 Å². The number of amides is 1. The van der Waals surface area contributed by atoms with E-state index in [9.17, 15) is 9.59 Å². The van der Waals surface area contributed by atoms with Gasteiger partial charge in [-0.2, -0.15) is 0 Å². The molecule has 0 bridgehead atoms. The Hall–Kier alpha value is -3.52. The van der Waals surface area contributed by atoms with Crippen molar-refractivity contribution in [1.82, 2.24) is 0 Å². The molecule has 9 heteroatoms. The van der Waals surface area contributed by atoms with E-state index in [1.165, 1.54) is 0 Å². The van der Waals surface area contributed by atoms with Gasteiger partial charge in [0.05, 0.1) is 33.6 Å². The molecule has 4 rings (SSSR count). The Morgan fingerprint density at radius 3 is 2.37 bits per heavy atom. The lowest BCUT2D eigenvalue weighted by Crippen LogP contribution is -2.15. The highest BCUT2D eigenvalue weighted by molar-refractivity contribution is 7.19. The van der Waals surface area contributed by atoms with Gasteiger partial charge in [-0.25, -0.2) is 0 Å². The zero-order valence-corrected chi connectivity index (χ0v) is 20.9. The average molecular weight is 526 g/mol. The minimum atomic E-state index is -0.476. The number of nitrogen functional groups attached to an aromatic ring is 1. The summed E-state index contributed by atoms with van der Waals surface area (Å²) in [5.41, 5.74) is 8.10. The fourth-order valence-electron chi connectivity index (χ4n) is 3.36. The molecule has 4 aromatic rings. The summed E-state index contributed by atoms with van der Waals surface area (Å²) in [6.45, 7) is 2.43. The Balaban J connectivity index is 1.73. The highest BCUT2D eigenvalue weighted by atomic mass is 35.5. The predicted molar refractivity (Wildman–Crippen MR) is 144 cm³/mol. The third-order valence-corrected chi connectivity index (χ3v) is 6.98. The van der Waals surface area contributed by atoms with Crippen LogP contribution in [0.4, 0.5) is 22.1 Å². The van der Waals surface area contributed by atoms with Gasteiger partial charge in [0, 0.05) is 11.3 Å². The summed E-state index contributed by atoms with van der Waals surface area (Å²) in [4.78, 5) is 26.8. The van der Waals surface area contributed by atoms with E-state index >= 15 is 0 Å². The molecule has 0 unspecified atom stereocenters. The quantitative estimate of drug-likeness (QED) is 0.210. The third-order valence-electron chi connectivity index (χ3n) is 5.04. The monoisotopic (exact) mass is 525 g/mol. The topological polar surface area (TPSA) is 93.5 Å². The maximum Gasteiger partial charge on any atom is 0.260 e. The fourth-order valence-corrected chi connectivity index (χ4v) is 4.80. The smallest absolute Gasteiger partial charge is 0.260 e. The van der Waals surface area contributed by atoms with Crippen LogP contribution in [-0.2, 0) is 0 Å². The van der Waals surface area contributed by atoms with Gasteiger partial charge in [-0.15, -0.1) is 11.3 Å². The molecule has 1 amide bonds. The van der Waals surface area contributed by atoms with E-state index in [2.05, 4.69) is 10.6 Å². The molecule has 0 spiro atoms. The van der Waals surface area contributed by atoms with Gasteiger partial charge in [0.15, 0.2) is 0 Å². The van der Waals surface area contributed by atoms with Gasteiger partial charge >= 0.3 is 0 Å². The average Bonchev–Trinajstić information content (AvgIpc) is 3.19. The number of anilines is 4. The normalized spacial score (nSPS) is 10.6. The largest absolute Gasteiger partial charge is 0.494 e. The second kappa shape index (κ2) is 10.8. The summed E-state index contributed by atoms with van der Waals surface area (Å²) >= 11 is 13.6. The predicted octanol–water partition coefficient (Wildman–Crippen LogP) is 7.26. The molecule has 0 aliphatic carbocycles. The number of nitrogens with one attached hydrogen (secondary N) is 2. The zero-order chi connectivity index (χ0) is 24.9. The van der Waals surface area contributed by atoms with Crippen molar-refractivity contribution in [2.75, 3.05) is 23.0 Å². The number of hydrogen-bond donors (Lipinski definition) is 3. The molecule has 0 saturated carbocycles. The Kier molecular flexibility index (Phi) is 7.60. The Labute approximate surface area is 216 Å². The van der Waals surface area contributed by atoms with Crippen LogP contribution in [0.5, 0.6) is 5.75 Å². The lowest BCUT2D eigenvalue weighted by molar-refractivity contribution is 0.102. The molecule has 1 aromatic heterocycles. The van der Waals surface area contributed by atoms with Crippen LogP contribution in [0, 0.1) is 0 Å². The van der Waals surface area contributed by atoms with Crippen molar-refractivity contribution in [2.24, 2.45) is 0 Å². The highest BCUT2D eigenvalue weighted by Gasteiger charge is 2.27. The SMILES string of the molecule is CCOc1ccc(NC(=O)c2c(Nc3cccc(Cl)c3Cl)sc(C(=O)c3ccccc3)c2N)cc1. The molecule has 178 valence electrons. The number of ketones is 1. The van der Waals surface area contributed by atoms with E-state index < -0.39 is 5.91 Å². The summed E-state index contributed by atoms with van der Waals surface area (Å²) in [5, 5.41) is 6.97. The van der Waals surface area contributed by atoms with Crippen molar-refractivity contribution in [3.05, 3.63) is 98.8 Å². The van der Waals surface area contributed by atoms with Gasteiger partial charge < -0.3 is 21.1 Å². The molecule has 35 heavy (non-hydrogen) atoms. The van der Waals surface area contributed by atoms with Gasteiger partial charge in [-0.3, -0.25) is 9.59 Å². The maximum absolute atomic E-state index is 13.4. The minimum Gasteiger partial charge on any atom is -0.494 e. The number of halogens is 2. The van der Waals surface area contributed by atoms with Crippen LogP contribution in [0.15, 0.2) is 72.8 Å². The molecular weight excluding hydrogens is 505 g/mol. The Bertz CT molecular complexity index is 1370. The van der Waals surface area contributed by atoms with Crippen molar-refractivity contribution in [3.63, 3.8) is 0 Å². The molecule has 6 nitrogen and oxygen atoms in total. The van der Waals surface area contributed by atoms with Crippen LogP contribution in [0.3, 0.4) is 0 Å². The number of hydrogen-bond acceptors (Lipinski definition) is 6. The van der Waals surface area contributed by atoms with Gasteiger partial charge in [0.25, 0.3) is 5.91 Å². The van der Waals surface area contributed by atoms with Crippen LogP contribution < -0.4 is 21.1 Å². The molecule has 0 saturated heterocycles. The van der Waals surface area contributed by atoms with E-state index in [4.69, 9.17) is 33.7 Å². The number of nitrogens with two attached hydrogens (primary N) is 1. The molecule has 3 aromatic carbocycles. The van der Waals surface area contributed by atoms with Gasteiger partial charge in [-0.05, 0) is 43.3 Å². The summed E-state index contributed by atoms with van der Waals surface area (Å²) in [6, 6.07) is 20.8. The molecule has 0 radical (unpaired) electrons.